The number of nitrogens with zero attached hydrogens (tertiary/aromatic N) is 2. The van der Waals surface area contributed by atoms with Crippen molar-refractivity contribution < 1.29 is 24.0 Å². The van der Waals surface area contributed by atoms with E-state index in [1.54, 1.807) is 30.3 Å². The highest BCUT2D eigenvalue weighted by atomic mass is 16.6. The molecule has 0 spiro atoms. The van der Waals surface area contributed by atoms with E-state index in [1.807, 2.05) is 6.92 Å². The van der Waals surface area contributed by atoms with Gasteiger partial charge in [-0.05, 0) is 30.7 Å². The molecule has 0 saturated heterocycles. The van der Waals surface area contributed by atoms with Gasteiger partial charge in [0.05, 0.1) is 23.3 Å². The first-order chi connectivity index (χ1) is 13.5. The second kappa shape index (κ2) is 10.4. The Hall–Kier alpha value is -3.75. The molecule has 2 aromatic rings. The van der Waals surface area contributed by atoms with E-state index in [2.05, 4.69) is 10.5 Å². The van der Waals surface area contributed by atoms with Gasteiger partial charge in [-0.15, -0.1) is 0 Å². The van der Waals surface area contributed by atoms with E-state index >= 15 is 0 Å². The normalized spacial score (nSPS) is 10.5. The average Bonchev–Trinajstić information content (AvgIpc) is 2.71. The van der Waals surface area contributed by atoms with Crippen LogP contribution >= 0.6 is 0 Å². The van der Waals surface area contributed by atoms with Crippen molar-refractivity contribution in [3.05, 3.63) is 69.8 Å². The molecule has 0 aliphatic heterocycles. The Balaban J connectivity index is 1.80. The maximum atomic E-state index is 11.7. The first-order valence-corrected chi connectivity index (χ1v) is 8.46. The highest BCUT2D eigenvalue weighted by Gasteiger charge is 2.08. The van der Waals surface area contributed by atoms with Crippen LogP contribution in [-0.4, -0.2) is 36.2 Å². The number of nitro benzene ring substituents is 1. The molecule has 2 rings (SSSR count). The molecule has 1 amide bonds. The van der Waals surface area contributed by atoms with Crippen LogP contribution in [-0.2, 0) is 9.53 Å². The summed E-state index contributed by atoms with van der Waals surface area (Å²) in [7, 11) is 0. The summed E-state index contributed by atoms with van der Waals surface area (Å²) >= 11 is 0. The molecule has 0 fully saturated rings. The van der Waals surface area contributed by atoms with E-state index in [0.29, 0.717) is 23.5 Å². The van der Waals surface area contributed by atoms with Crippen LogP contribution in [0.25, 0.3) is 0 Å². The number of hydrogen-bond donors (Lipinski definition) is 1. The van der Waals surface area contributed by atoms with E-state index in [4.69, 9.17) is 9.47 Å². The summed E-state index contributed by atoms with van der Waals surface area (Å²) in [4.78, 5) is 33.6. The molecular formula is C19H19N3O6. The lowest BCUT2D eigenvalue weighted by molar-refractivity contribution is -0.384. The largest absolute Gasteiger partial charge is 0.484 e. The highest BCUT2D eigenvalue weighted by molar-refractivity contribution is 5.89. The molecule has 28 heavy (non-hydrogen) atoms. The molecule has 0 saturated carbocycles. The number of benzene rings is 2. The van der Waals surface area contributed by atoms with Crippen LogP contribution in [0, 0.1) is 10.1 Å². The molecule has 0 unspecified atom stereocenters. The number of hydrazone groups is 1. The third-order valence-electron chi connectivity index (χ3n) is 3.38. The molecule has 1 N–H and O–H groups in total. The lowest BCUT2D eigenvalue weighted by Gasteiger charge is -2.06. The number of ether oxygens (including phenoxy) is 2. The van der Waals surface area contributed by atoms with Crippen molar-refractivity contribution in [2.45, 2.75) is 13.3 Å². The predicted octanol–water partition coefficient (Wildman–Crippen LogP) is 2.69. The Morgan fingerprint density at radius 2 is 1.96 bits per heavy atom. The van der Waals surface area contributed by atoms with Crippen molar-refractivity contribution in [3.8, 4) is 5.75 Å². The van der Waals surface area contributed by atoms with E-state index in [9.17, 15) is 19.7 Å². The van der Waals surface area contributed by atoms with Crippen molar-refractivity contribution in [2.24, 2.45) is 5.10 Å². The first-order valence-electron chi connectivity index (χ1n) is 8.46. The molecule has 0 aromatic heterocycles. The summed E-state index contributed by atoms with van der Waals surface area (Å²) in [5.74, 6) is -0.514. The summed E-state index contributed by atoms with van der Waals surface area (Å²) in [6.45, 7) is 1.98. The fourth-order valence-corrected chi connectivity index (χ4v) is 2.04. The van der Waals surface area contributed by atoms with Crippen molar-refractivity contribution >= 4 is 23.8 Å². The van der Waals surface area contributed by atoms with Crippen molar-refractivity contribution in [3.63, 3.8) is 0 Å². The second-order valence-corrected chi connectivity index (χ2v) is 5.59. The van der Waals surface area contributed by atoms with E-state index in [-0.39, 0.29) is 12.3 Å². The van der Waals surface area contributed by atoms with Crippen molar-refractivity contribution in [1.29, 1.82) is 0 Å². The summed E-state index contributed by atoms with van der Waals surface area (Å²) in [5.41, 5.74) is 3.06. The topological polar surface area (TPSA) is 120 Å². The van der Waals surface area contributed by atoms with Gasteiger partial charge < -0.3 is 9.47 Å². The summed E-state index contributed by atoms with van der Waals surface area (Å²) in [6.07, 6.45) is 2.04. The van der Waals surface area contributed by atoms with Gasteiger partial charge in [0.25, 0.3) is 11.6 Å². The van der Waals surface area contributed by atoms with Crippen molar-refractivity contribution in [2.75, 3.05) is 13.2 Å². The van der Waals surface area contributed by atoms with Gasteiger partial charge >= 0.3 is 5.97 Å². The molecule has 0 bridgehead atoms. The average molecular weight is 385 g/mol. The molecule has 0 aliphatic rings. The number of amides is 1. The van der Waals surface area contributed by atoms with Crippen LogP contribution in [0.15, 0.2) is 53.6 Å². The lowest BCUT2D eigenvalue weighted by atomic mass is 10.2. The lowest BCUT2D eigenvalue weighted by Crippen LogP contribution is -2.24. The van der Waals surface area contributed by atoms with Crippen LogP contribution in [0.5, 0.6) is 5.75 Å². The number of non-ortho nitro benzene ring substituents is 1. The molecule has 2 aromatic carbocycles. The molecule has 0 radical (unpaired) electrons. The van der Waals surface area contributed by atoms with Crippen LogP contribution in [0.1, 0.15) is 29.3 Å². The quantitative estimate of drug-likeness (QED) is 0.307. The number of nitrogens with one attached hydrogen (secondary N) is 1. The standard InChI is InChI=1S/C19H19N3O6/c1-2-10-27-19(24)15-6-8-17(9-7-15)28-13-18(23)21-20-12-14-4-3-5-16(11-14)22(25)26/h3-9,11-12H,2,10,13H2,1H3,(H,21,23)/b20-12+. The Morgan fingerprint density at radius 3 is 2.64 bits per heavy atom. The minimum atomic E-state index is -0.515. The van der Waals surface area contributed by atoms with Gasteiger partial charge in [0.2, 0.25) is 0 Å². The van der Waals surface area contributed by atoms with E-state index in [1.165, 1.54) is 24.4 Å². The van der Waals surface area contributed by atoms with Crippen LogP contribution in [0.2, 0.25) is 0 Å². The maximum Gasteiger partial charge on any atom is 0.338 e. The van der Waals surface area contributed by atoms with Crippen LogP contribution < -0.4 is 10.2 Å². The Labute approximate surface area is 161 Å². The van der Waals surface area contributed by atoms with Gasteiger partial charge in [-0.2, -0.15) is 5.10 Å². The zero-order chi connectivity index (χ0) is 20.4. The SMILES string of the molecule is CCCOC(=O)c1ccc(OCC(=O)N/N=C/c2cccc([N+](=O)[O-])c2)cc1. The molecule has 146 valence electrons. The van der Waals surface area contributed by atoms with Gasteiger partial charge in [0.15, 0.2) is 6.61 Å². The number of carbonyl (C=O) groups excluding carboxylic acids is 2. The Kier molecular flexibility index (Phi) is 7.64. The molecule has 0 atom stereocenters. The fraction of sp³-hybridized carbons (Fsp3) is 0.211. The van der Waals surface area contributed by atoms with Crippen LogP contribution in [0.4, 0.5) is 5.69 Å². The van der Waals surface area contributed by atoms with Gasteiger partial charge in [-0.1, -0.05) is 19.1 Å². The molecule has 0 aliphatic carbocycles. The minimum absolute atomic E-state index is 0.0689. The monoisotopic (exact) mass is 385 g/mol. The number of hydrogen-bond acceptors (Lipinski definition) is 7. The van der Waals surface area contributed by atoms with Gasteiger partial charge in [0, 0.05) is 17.7 Å². The first kappa shape index (κ1) is 20.6. The van der Waals surface area contributed by atoms with Gasteiger partial charge in [-0.3, -0.25) is 14.9 Å². The number of rotatable bonds is 9. The third kappa shape index (κ3) is 6.52. The fourth-order valence-electron chi connectivity index (χ4n) is 2.04. The number of carbonyl (C=O) groups is 2. The predicted molar refractivity (Wildman–Crippen MR) is 101 cm³/mol. The van der Waals surface area contributed by atoms with Gasteiger partial charge in [-0.25, -0.2) is 10.2 Å². The maximum absolute atomic E-state index is 11.7. The van der Waals surface area contributed by atoms with Gasteiger partial charge in [0.1, 0.15) is 5.75 Å². The van der Waals surface area contributed by atoms with Crippen LogP contribution in [0.3, 0.4) is 0 Å². The number of nitro groups is 1. The molecule has 9 heteroatoms. The summed E-state index contributed by atoms with van der Waals surface area (Å²) in [6, 6.07) is 12.0. The Morgan fingerprint density at radius 1 is 1.21 bits per heavy atom. The third-order valence-corrected chi connectivity index (χ3v) is 3.38. The summed E-state index contributed by atoms with van der Waals surface area (Å²) in [5, 5.41) is 14.4. The zero-order valence-corrected chi connectivity index (χ0v) is 15.2. The van der Waals surface area contributed by atoms with E-state index in [0.717, 1.165) is 6.42 Å². The summed E-state index contributed by atoms with van der Waals surface area (Å²) < 4.78 is 10.3. The smallest absolute Gasteiger partial charge is 0.338 e. The second-order valence-electron chi connectivity index (χ2n) is 5.59. The zero-order valence-electron chi connectivity index (χ0n) is 15.2. The highest BCUT2D eigenvalue weighted by Crippen LogP contribution is 2.13. The molecule has 9 nitrogen and oxygen atoms in total. The van der Waals surface area contributed by atoms with E-state index < -0.39 is 16.8 Å². The number of esters is 1. The minimum Gasteiger partial charge on any atom is -0.484 e. The van der Waals surface area contributed by atoms with Crippen molar-refractivity contribution in [1.82, 2.24) is 5.43 Å². The Bertz CT molecular complexity index is 864. The molecule has 0 heterocycles. The molecular weight excluding hydrogens is 366 g/mol.